The Kier molecular flexibility index (Phi) is 4.10. The molecule has 0 aromatic carbocycles. The summed E-state index contributed by atoms with van der Waals surface area (Å²) in [6, 6.07) is 1.66. The Morgan fingerprint density at radius 1 is 1.57 bits per heavy atom. The van der Waals surface area contributed by atoms with Gasteiger partial charge in [0, 0.05) is 12.6 Å². The molecule has 0 amide bonds. The van der Waals surface area contributed by atoms with E-state index in [9.17, 15) is 0 Å². The van der Waals surface area contributed by atoms with E-state index in [1.54, 1.807) is 19.9 Å². The maximum Gasteiger partial charge on any atom is 0.134 e. The number of aliphatic hydroxyl groups is 1. The van der Waals surface area contributed by atoms with Crippen molar-refractivity contribution < 1.29 is 5.11 Å². The Labute approximate surface area is 88.3 Å². The van der Waals surface area contributed by atoms with Gasteiger partial charge in [0.15, 0.2) is 0 Å². The Morgan fingerprint density at radius 2 is 2.29 bits per heavy atom. The van der Waals surface area contributed by atoms with E-state index >= 15 is 0 Å². The van der Waals surface area contributed by atoms with Crippen molar-refractivity contribution in [1.82, 2.24) is 9.97 Å². The van der Waals surface area contributed by atoms with Gasteiger partial charge in [-0.15, -0.1) is 0 Å². The van der Waals surface area contributed by atoms with Gasteiger partial charge in [-0.2, -0.15) is 0 Å². The van der Waals surface area contributed by atoms with Gasteiger partial charge in [-0.3, -0.25) is 0 Å². The Balaban J connectivity index is 2.50. The van der Waals surface area contributed by atoms with Crippen LogP contribution in [0.4, 0.5) is 5.82 Å². The summed E-state index contributed by atoms with van der Waals surface area (Å²) < 4.78 is 0. The third-order valence-electron chi connectivity index (χ3n) is 1.67. The standard InChI is InChI=1S/C9H14ClN3O/c1-6(14)3-4-11-9-5-8(10)12-7(2)13-9/h5-6,14H,3-4H2,1-2H3,(H,11,12,13). The molecule has 78 valence electrons. The first-order chi connectivity index (χ1) is 6.58. The molecular formula is C9H14ClN3O. The summed E-state index contributed by atoms with van der Waals surface area (Å²) in [6.45, 7) is 4.20. The van der Waals surface area contributed by atoms with Crippen molar-refractivity contribution in [3.05, 3.63) is 17.0 Å². The van der Waals surface area contributed by atoms with E-state index in [0.29, 0.717) is 29.8 Å². The van der Waals surface area contributed by atoms with Crippen LogP contribution in [0.3, 0.4) is 0 Å². The van der Waals surface area contributed by atoms with Crippen LogP contribution >= 0.6 is 11.6 Å². The van der Waals surface area contributed by atoms with E-state index < -0.39 is 0 Å². The number of anilines is 1. The fourth-order valence-corrected chi connectivity index (χ4v) is 1.26. The first-order valence-electron chi connectivity index (χ1n) is 4.51. The molecule has 0 aliphatic carbocycles. The number of aryl methyl sites for hydroxylation is 1. The summed E-state index contributed by atoms with van der Waals surface area (Å²) in [5.41, 5.74) is 0. The van der Waals surface area contributed by atoms with Crippen LogP contribution in [0, 0.1) is 6.92 Å². The van der Waals surface area contributed by atoms with Crippen LogP contribution in [-0.2, 0) is 0 Å². The number of nitrogens with one attached hydrogen (secondary N) is 1. The maximum atomic E-state index is 9.04. The summed E-state index contributed by atoms with van der Waals surface area (Å²) in [7, 11) is 0. The molecule has 0 radical (unpaired) electrons. The van der Waals surface area contributed by atoms with Crippen LogP contribution in [-0.4, -0.2) is 27.7 Å². The number of nitrogens with zero attached hydrogens (tertiary/aromatic N) is 2. The Morgan fingerprint density at radius 3 is 2.86 bits per heavy atom. The molecule has 1 atom stereocenters. The van der Waals surface area contributed by atoms with E-state index in [0.717, 1.165) is 0 Å². The van der Waals surface area contributed by atoms with Gasteiger partial charge in [0.1, 0.15) is 16.8 Å². The van der Waals surface area contributed by atoms with E-state index in [4.69, 9.17) is 16.7 Å². The molecule has 5 heteroatoms. The second-order valence-electron chi connectivity index (χ2n) is 3.19. The van der Waals surface area contributed by atoms with Gasteiger partial charge in [-0.05, 0) is 20.3 Å². The zero-order valence-corrected chi connectivity index (χ0v) is 9.04. The SMILES string of the molecule is Cc1nc(Cl)cc(NCCC(C)O)n1. The molecule has 0 aliphatic rings. The first kappa shape index (κ1) is 11.2. The van der Waals surface area contributed by atoms with Gasteiger partial charge < -0.3 is 10.4 Å². The Bertz CT molecular complexity index is 284. The highest BCUT2D eigenvalue weighted by molar-refractivity contribution is 6.29. The summed E-state index contributed by atoms with van der Waals surface area (Å²) in [6.07, 6.45) is 0.377. The number of hydrogen-bond acceptors (Lipinski definition) is 4. The molecule has 1 rings (SSSR count). The minimum Gasteiger partial charge on any atom is -0.393 e. The summed E-state index contributed by atoms with van der Waals surface area (Å²) in [5.74, 6) is 1.33. The lowest BCUT2D eigenvalue weighted by Gasteiger charge is -2.07. The number of aromatic nitrogens is 2. The van der Waals surface area contributed by atoms with E-state index in [1.165, 1.54) is 0 Å². The van der Waals surface area contributed by atoms with Crippen molar-refractivity contribution in [2.75, 3.05) is 11.9 Å². The molecule has 0 spiro atoms. The smallest absolute Gasteiger partial charge is 0.134 e. The van der Waals surface area contributed by atoms with Crippen molar-refractivity contribution in [2.45, 2.75) is 26.4 Å². The average Bonchev–Trinajstić information content (AvgIpc) is 2.01. The van der Waals surface area contributed by atoms with Crippen LogP contribution in [0.15, 0.2) is 6.07 Å². The summed E-state index contributed by atoms with van der Waals surface area (Å²) in [5, 5.41) is 12.5. The van der Waals surface area contributed by atoms with E-state index in [2.05, 4.69) is 15.3 Å². The molecule has 1 unspecified atom stereocenters. The quantitative estimate of drug-likeness (QED) is 0.750. The highest BCUT2D eigenvalue weighted by atomic mass is 35.5. The van der Waals surface area contributed by atoms with Crippen molar-refractivity contribution in [2.24, 2.45) is 0 Å². The molecule has 1 aromatic heterocycles. The molecular weight excluding hydrogens is 202 g/mol. The normalized spacial score (nSPS) is 12.6. The fraction of sp³-hybridized carbons (Fsp3) is 0.556. The topological polar surface area (TPSA) is 58.0 Å². The van der Waals surface area contributed by atoms with E-state index in [1.807, 2.05) is 0 Å². The lowest BCUT2D eigenvalue weighted by Crippen LogP contribution is -2.11. The lowest BCUT2D eigenvalue weighted by molar-refractivity contribution is 0.188. The van der Waals surface area contributed by atoms with Crippen LogP contribution < -0.4 is 5.32 Å². The van der Waals surface area contributed by atoms with Gasteiger partial charge in [0.05, 0.1) is 6.10 Å². The zero-order chi connectivity index (χ0) is 10.6. The van der Waals surface area contributed by atoms with Crippen LogP contribution in [0.5, 0.6) is 0 Å². The highest BCUT2D eigenvalue weighted by Crippen LogP contribution is 2.10. The molecule has 1 aromatic rings. The van der Waals surface area contributed by atoms with Crippen molar-refractivity contribution in [1.29, 1.82) is 0 Å². The molecule has 14 heavy (non-hydrogen) atoms. The largest absolute Gasteiger partial charge is 0.393 e. The summed E-state index contributed by atoms with van der Waals surface area (Å²) in [4.78, 5) is 8.08. The monoisotopic (exact) mass is 215 g/mol. The van der Waals surface area contributed by atoms with Crippen molar-refractivity contribution >= 4 is 17.4 Å². The molecule has 0 bridgehead atoms. The van der Waals surface area contributed by atoms with Gasteiger partial charge >= 0.3 is 0 Å². The number of rotatable bonds is 4. The number of aliphatic hydroxyl groups excluding tert-OH is 1. The van der Waals surface area contributed by atoms with Crippen molar-refractivity contribution in [3.8, 4) is 0 Å². The predicted molar refractivity (Wildman–Crippen MR) is 56.6 cm³/mol. The van der Waals surface area contributed by atoms with Crippen molar-refractivity contribution in [3.63, 3.8) is 0 Å². The third kappa shape index (κ3) is 3.89. The predicted octanol–water partition coefficient (Wildman–Crippen LogP) is 1.62. The molecule has 0 saturated carbocycles. The summed E-state index contributed by atoms with van der Waals surface area (Å²) >= 11 is 5.75. The zero-order valence-electron chi connectivity index (χ0n) is 8.29. The minimum absolute atomic E-state index is 0.305. The average molecular weight is 216 g/mol. The number of hydrogen-bond donors (Lipinski definition) is 2. The minimum atomic E-state index is -0.305. The van der Waals surface area contributed by atoms with Gasteiger partial charge in [0.2, 0.25) is 0 Å². The maximum absolute atomic E-state index is 9.04. The molecule has 1 heterocycles. The van der Waals surface area contributed by atoms with Crippen LogP contribution in [0.1, 0.15) is 19.2 Å². The first-order valence-corrected chi connectivity index (χ1v) is 4.89. The highest BCUT2D eigenvalue weighted by Gasteiger charge is 2.00. The number of halogens is 1. The van der Waals surface area contributed by atoms with Crippen LogP contribution in [0.25, 0.3) is 0 Å². The van der Waals surface area contributed by atoms with Gasteiger partial charge in [0.25, 0.3) is 0 Å². The Hall–Kier alpha value is -0.870. The second-order valence-corrected chi connectivity index (χ2v) is 3.57. The molecule has 0 aliphatic heterocycles. The second kappa shape index (κ2) is 5.12. The molecule has 2 N–H and O–H groups in total. The molecule has 4 nitrogen and oxygen atoms in total. The third-order valence-corrected chi connectivity index (χ3v) is 1.87. The van der Waals surface area contributed by atoms with E-state index in [-0.39, 0.29) is 6.10 Å². The van der Waals surface area contributed by atoms with Crippen LogP contribution in [0.2, 0.25) is 5.15 Å². The van der Waals surface area contributed by atoms with Gasteiger partial charge in [-0.1, -0.05) is 11.6 Å². The van der Waals surface area contributed by atoms with Gasteiger partial charge in [-0.25, -0.2) is 9.97 Å². The fourth-order valence-electron chi connectivity index (χ4n) is 1.03. The molecule has 0 fully saturated rings. The lowest BCUT2D eigenvalue weighted by atomic mass is 10.3. The molecule has 0 saturated heterocycles.